The number of rotatable bonds is 5. The van der Waals surface area contributed by atoms with Crippen molar-refractivity contribution in [3.63, 3.8) is 0 Å². The molecule has 1 saturated carbocycles. The Balaban J connectivity index is 1.37. The lowest BCUT2D eigenvalue weighted by molar-refractivity contribution is -0.143. The summed E-state index contributed by atoms with van der Waals surface area (Å²) in [5.41, 5.74) is 3.65. The van der Waals surface area contributed by atoms with Crippen molar-refractivity contribution >= 4 is 27.8 Å². The first-order valence-electron chi connectivity index (χ1n) is 16.8. The second kappa shape index (κ2) is 13.1. The predicted octanol–water partition coefficient (Wildman–Crippen LogP) is 4.96. The number of nitrogens with one attached hydrogen (secondary N) is 1. The van der Waals surface area contributed by atoms with Gasteiger partial charge in [0, 0.05) is 36.3 Å². The number of hydrogen-bond donors (Lipinski definition) is 2. The van der Waals surface area contributed by atoms with Crippen LogP contribution in [0.3, 0.4) is 0 Å². The maximum atomic E-state index is 14.5. The molecule has 1 aliphatic carbocycles. The van der Waals surface area contributed by atoms with Crippen molar-refractivity contribution in [2.75, 3.05) is 24.4 Å². The summed E-state index contributed by atoms with van der Waals surface area (Å²) in [7, 11) is -4.16. The van der Waals surface area contributed by atoms with E-state index in [2.05, 4.69) is 28.5 Å². The van der Waals surface area contributed by atoms with Crippen LogP contribution in [0, 0.1) is 25.2 Å². The number of amides is 2. The van der Waals surface area contributed by atoms with E-state index in [0.717, 1.165) is 42.4 Å². The lowest BCUT2D eigenvalue weighted by Gasteiger charge is -2.56. The first-order chi connectivity index (χ1) is 22.7. The molecule has 0 radical (unpaired) electrons. The van der Waals surface area contributed by atoms with Crippen molar-refractivity contribution in [1.29, 1.82) is 0 Å². The molecule has 2 aliphatic heterocycles. The van der Waals surface area contributed by atoms with Crippen LogP contribution in [0.5, 0.6) is 5.88 Å². The fraction of sp³-hybridized carbons (Fsp3) is 0.500. The van der Waals surface area contributed by atoms with Gasteiger partial charge >= 0.3 is 0 Å². The van der Waals surface area contributed by atoms with Crippen molar-refractivity contribution in [2.45, 2.75) is 89.8 Å². The molecule has 6 rings (SSSR count). The number of ether oxygens (including phenoxy) is 1. The van der Waals surface area contributed by atoms with Crippen LogP contribution in [0.1, 0.15) is 74.4 Å². The van der Waals surface area contributed by atoms with Gasteiger partial charge in [-0.15, -0.1) is 0 Å². The van der Waals surface area contributed by atoms with Gasteiger partial charge in [0.2, 0.25) is 11.8 Å². The van der Waals surface area contributed by atoms with Crippen LogP contribution in [0.25, 0.3) is 11.3 Å². The summed E-state index contributed by atoms with van der Waals surface area (Å²) in [4.78, 5) is 39.6. The summed E-state index contributed by atoms with van der Waals surface area (Å²) in [5, 5.41) is 9.80. The van der Waals surface area contributed by atoms with Crippen molar-refractivity contribution in [3.8, 4) is 17.1 Å². The lowest BCUT2D eigenvalue weighted by atomic mass is 9.59. The normalized spacial score (nSPS) is 21.3. The molecule has 2 aromatic carbocycles. The molecule has 1 spiro atoms. The Morgan fingerprint density at radius 1 is 1.04 bits per heavy atom. The highest BCUT2D eigenvalue weighted by molar-refractivity contribution is 7.92. The van der Waals surface area contributed by atoms with E-state index in [1.165, 1.54) is 19.1 Å². The predicted molar refractivity (Wildman–Crippen MR) is 182 cm³/mol. The van der Waals surface area contributed by atoms with E-state index in [1.54, 1.807) is 23.1 Å². The van der Waals surface area contributed by atoms with Gasteiger partial charge in [0.15, 0.2) is 0 Å². The minimum atomic E-state index is -4.16. The fourth-order valence-corrected chi connectivity index (χ4v) is 8.63. The number of likely N-dealkylation sites (tertiary alicyclic amines) is 1. The molecule has 1 saturated heterocycles. The van der Waals surface area contributed by atoms with Crippen molar-refractivity contribution in [2.24, 2.45) is 11.3 Å². The van der Waals surface area contributed by atoms with Crippen LogP contribution >= 0.6 is 0 Å². The molecule has 11 nitrogen and oxygen atoms in total. The van der Waals surface area contributed by atoms with E-state index in [1.807, 2.05) is 36.9 Å². The third-order valence-electron chi connectivity index (χ3n) is 10.1. The Morgan fingerprint density at radius 3 is 2.35 bits per heavy atom. The average Bonchev–Trinajstić information content (AvgIpc) is 3.02. The molecule has 2 amide bonds. The number of piperidine rings is 1. The van der Waals surface area contributed by atoms with Crippen LogP contribution in [0.2, 0.25) is 0 Å². The molecule has 2 fully saturated rings. The molecule has 3 aliphatic rings. The number of aliphatic hydroxyl groups is 1. The van der Waals surface area contributed by atoms with Gasteiger partial charge < -0.3 is 19.6 Å². The quantitative estimate of drug-likeness (QED) is 0.387. The number of benzene rings is 2. The highest BCUT2D eigenvalue weighted by atomic mass is 32.2. The number of sulfonamides is 1. The number of nitrogens with zero attached hydrogens (tertiary/aromatic N) is 4. The first kappa shape index (κ1) is 33.9. The summed E-state index contributed by atoms with van der Waals surface area (Å²) in [6, 6.07) is 13.4. The van der Waals surface area contributed by atoms with Gasteiger partial charge in [-0.05, 0) is 93.5 Å². The number of carbonyl (C=O) groups is 2. The lowest BCUT2D eigenvalue weighted by Crippen LogP contribution is -2.60. The van der Waals surface area contributed by atoms with Gasteiger partial charge in [-0.3, -0.25) is 9.59 Å². The fourth-order valence-electron chi connectivity index (χ4n) is 7.64. The number of hydrogen-bond acceptors (Lipinski definition) is 8. The highest BCUT2D eigenvalue weighted by Gasteiger charge is 2.51. The number of aryl methyl sites for hydroxylation is 2. The summed E-state index contributed by atoms with van der Waals surface area (Å²) in [5.74, 6) is -0.140. The number of anilines is 1. The van der Waals surface area contributed by atoms with Gasteiger partial charge in [0.05, 0.1) is 16.6 Å². The van der Waals surface area contributed by atoms with E-state index in [-0.39, 0.29) is 64.1 Å². The number of carbonyl (C=O) groups excluding carboxylic acids is 2. The number of aliphatic hydroxyl groups excluding tert-OH is 1. The van der Waals surface area contributed by atoms with Gasteiger partial charge in [-0.2, -0.15) is 4.98 Å². The molecule has 2 atom stereocenters. The van der Waals surface area contributed by atoms with Crippen LogP contribution in [-0.4, -0.2) is 83.0 Å². The second-order valence-corrected chi connectivity index (χ2v) is 15.9. The van der Waals surface area contributed by atoms with Crippen molar-refractivity contribution in [1.82, 2.24) is 19.8 Å². The van der Waals surface area contributed by atoms with Gasteiger partial charge in [0.1, 0.15) is 12.7 Å². The number of aromatic nitrogens is 2. The molecule has 2 N–H and O–H groups in total. The van der Waals surface area contributed by atoms with Crippen molar-refractivity contribution in [3.05, 3.63) is 65.2 Å². The molecular weight excluding hydrogens is 630 g/mol. The molecule has 256 valence electrons. The summed E-state index contributed by atoms with van der Waals surface area (Å²) < 4.78 is 36.3. The van der Waals surface area contributed by atoms with Crippen LogP contribution < -0.4 is 9.46 Å². The van der Waals surface area contributed by atoms with Gasteiger partial charge in [-0.25, -0.2) is 18.1 Å². The summed E-state index contributed by atoms with van der Waals surface area (Å²) in [6.45, 7) is 11.0. The minimum absolute atomic E-state index is 0.00178. The Labute approximate surface area is 282 Å². The topological polar surface area (TPSA) is 142 Å². The standard InChI is InChI=1S/C36H45N5O6S/c1-22(2)16-27-21-47-31-18-30(32-23(3)8-6-9-24(32)4)37-35(38-31)39-48(45,46)29-11-7-10-26(17-29)34(44)41(27)28-19-36(20-28)12-14-40(15-13-36)33(43)25(5)42/h6-11,17-18,22,25,27-28,42H,12-16,19-21H2,1-5H3,(H,37,38,39)/t25-,27-/m1/s1. The van der Waals surface area contributed by atoms with E-state index in [4.69, 9.17) is 4.74 Å². The zero-order chi connectivity index (χ0) is 34.4. The SMILES string of the molecule is Cc1cccc(C)c1-c1cc2nc(n1)NS(=O)(=O)c1cccc(c1)C(=O)N(C1CC3(CCN(C(=O)[C@@H](C)O)CC3)C1)[C@H](CC(C)C)CO2. The van der Waals surface area contributed by atoms with Crippen LogP contribution in [-0.2, 0) is 14.8 Å². The highest BCUT2D eigenvalue weighted by Crippen LogP contribution is 2.52. The maximum absolute atomic E-state index is 14.5. The zero-order valence-corrected chi connectivity index (χ0v) is 29.1. The Bertz CT molecular complexity index is 1790. The van der Waals surface area contributed by atoms with Gasteiger partial charge in [-0.1, -0.05) is 38.1 Å². The van der Waals surface area contributed by atoms with E-state index < -0.39 is 16.1 Å². The summed E-state index contributed by atoms with van der Waals surface area (Å²) in [6.07, 6.45) is 2.81. The second-order valence-electron chi connectivity index (χ2n) is 14.2. The largest absolute Gasteiger partial charge is 0.475 e. The molecule has 4 bridgehead atoms. The smallest absolute Gasteiger partial charge is 0.264 e. The van der Waals surface area contributed by atoms with E-state index >= 15 is 0 Å². The molecule has 0 unspecified atom stereocenters. The Hall–Kier alpha value is -4.03. The zero-order valence-electron chi connectivity index (χ0n) is 28.3. The van der Waals surface area contributed by atoms with Crippen LogP contribution in [0.4, 0.5) is 5.95 Å². The monoisotopic (exact) mass is 675 g/mol. The minimum Gasteiger partial charge on any atom is -0.475 e. The summed E-state index contributed by atoms with van der Waals surface area (Å²) >= 11 is 0. The molecule has 1 aromatic heterocycles. The molecular formula is C36H45N5O6S. The van der Waals surface area contributed by atoms with E-state index in [0.29, 0.717) is 25.2 Å². The first-order valence-corrected chi connectivity index (χ1v) is 18.2. The third-order valence-corrected chi connectivity index (χ3v) is 11.4. The molecule has 3 aromatic rings. The van der Waals surface area contributed by atoms with Crippen LogP contribution in [0.15, 0.2) is 53.4 Å². The molecule has 12 heteroatoms. The molecule has 48 heavy (non-hydrogen) atoms. The van der Waals surface area contributed by atoms with Gasteiger partial charge in [0.25, 0.3) is 21.8 Å². The van der Waals surface area contributed by atoms with E-state index in [9.17, 15) is 23.1 Å². The Morgan fingerprint density at radius 2 is 1.71 bits per heavy atom. The maximum Gasteiger partial charge on any atom is 0.264 e. The third kappa shape index (κ3) is 6.78. The molecule has 3 heterocycles. The average molecular weight is 676 g/mol. The van der Waals surface area contributed by atoms with Crippen molar-refractivity contribution < 1.29 is 27.9 Å². The number of fused-ring (bicyclic) bond motifs is 4. The Kier molecular flexibility index (Phi) is 9.25.